The van der Waals surface area contributed by atoms with E-state index < -0.39 is 23.3 Å². The molecule has 4 saturated carbocycles. The number of aryl methyl sites for hydroxylation is 1. The number of halogens is 5. The maximum atomic E-state index is 14.7. The third-order valence-electron chi connectivity index (χ3n) is 18.4. The second kappa shape index (κ2) is 32.9. The number of rotatable bonds is 8. The molecule has 0 bridgehead atoms. The molecule has 8 aromatic carbocycles. The van der Waals surface area contributed by atoms with Gasteiger partial charge in [-0.1, -0.05) is 162 Å². The Balaban J connectivity index is 0.000000164. The van der Waals surface area contributed by atoms with Crippen LogP contribution in [0.25, 0.3) is 44.5 Å². The molecule has 0 amide bonds. The van der Waals surface area contributed by atoms with Crippen molar-refractivity contribution in [2.75, 3.05) is 0 Å². The molecule has 428 valence electrons. The summed E-state index contributed by atoms with van der Waals surface area (Å²) in [5.41, 5.74) is 12.7. The minimum absolute atomic E-state index is 0. The molecule has 4 fully saturated rings. The topological polar surface area (TPSA) is 0 Å². The Morgan fingerprint density at radius 2 is 0.627 bits per heavy atom. The van der Waals surface area contributed by atoms with Gasteiger partial charge in [-0.2, -0.15) is 60.7 Å². The van der Waals surface area contributed by atoms with Crippen molar-refractivity contribution in [3.8, 4) is 44.5 Å². The van der Waals surface area contributed by atoms with Crippen LogP contribution in [0.2, 0.25) is 0 Å². The first-order valence-corrected chi connectivity index (χ1v) is 30.2. The van der Waals surface area contributed by atoms with Gasteiger partial charge in [0.25, 0.3) is 0 Å². The molecule has 83 heavy (non-hydrogen) atoms. The van der Waals surface area contributed by atoms with Crippen molar-refractivity contribution >= 4 is 0 Å². The van der Waals surface area contributed by atoms with Gasteiger partial charge in [0.05, 0.1) is 0 Å². The fourth-order valence-corrected chi connectivity index (χ4v) is 13.0. The van der Waals surface area contributed by atoms with Gasteiger partial charge in [0.2, 0.25) is 0 Å². The zero-order valence-corrected chi connectivity index (χ0v) is 54.9. The monoisotopic (exact) mass is 1270 g/mol. The molecule has 0 atom stereocenters. The summed E-state index contributed by atoms with van der Waals surface area (Å²) in [5, 5.41) is 0. The minimum atomic E-state index is -1.53. The van der Waals surface area contributed by atoms with E-state index in [9.17, 15) is 22.0 Å². The summed E-state index contributed by atoms with van der Waals surface area (Å²) >= 11 is 0. The van der Waals surface area contributed by atoms with Crippen molar-refractivity contribution < 1.29 is 87.4 Å². The molecule has 0 saturated heterocycles. The molecular weight excluding hydrogens is 1190 g/mol. The van der Waals surface area contributed by atoms with E-state index in [0.717, 1.165) is 83.1 Å². The van der Waals surface area contributed by atoms with Gasteiger partial charge in [0.15, 0.2) is 17.5 Å². The summed E-state index contributed by atoms with van der Waals surface area (Å²) in [6, 6.07) is 62.2. The first-order valence-electron chi connectivity index (χ1n) is 30.2. The molecule has 4 aliphatic carbocycles. The average Bonchev–Trinajstić information content (AvgIpc) is 3.51. The fourth-order valence-electron chi connectivity index (χ4n) is 13.0. The maximum absolute atomic E-state index is 14.7. The standard InChI is InChI=1S/C25H28F4.C19H21F.C19H21.C13H11.2Y/c1-15-2-4-16(5-3-15)17-6-8-18(9-7-17)19-10-11-21(22(26)12-19)20-13-23(27)25(29)24(28)14-20;1-14-2-4-15(5-3-14)16-6-8-17(9-7-16)18-10-12-19(20)13-11-18;1-15-7-9-17(10-8-15)19-13-11-18(12-14-19)16-5-3-2-4-6-16;1-11-7-9-13(10-8-11)12-5-3-2-4-6-12;;/h10-18H,2-9H2,1H3;6-15H,2-5H2,1H3;3-6,11-15,17H,7-10H2,1H3;3-10H,1H3;;/q;;2*-1;;. The predicted molar refractivity (Wildman–Crippen MR) is 326 cm³/mol. The molecule has 0 aliphatic heterocycles. The largest absolute Gasteiger partial charge is 0.207 e. The Kier molecular flexibility index (Phi) is 26.2. The molecule has 0 unspecified atom stereocenters. The molecule has 4 aliphatic rings. The molecule has 0 spiro atoms. The molecule has 8 aromatic rings. The van der Waals surface area contributed by atoms with Crippen LogP contribution in [0.5, 0.6) is 0 Å². The fraction of sp³-hybridized carbons (Fsp3) is 0.368. The van der Waals surface area contributed by atoms with E-state index in [1.165, 1.54) is 147 Å². The van der Waals surface area contributed by atoms with Crippen LogP contribution in [0.4, 0.5) is 22.0 Å². The van der Waals surface area contributed by atoms with Crippen LogP contribution in [0.1, 0.15) is 164 Å². The maximum Gasteiger partial charge on any atom is 0.194 e. The second-order valence-corrected chi connectivity index (χ2v) is 24.2. The van der Waals surface area contributed by atoms with E-state index in [0.29, 0.717) is 5.92 Å². The molecule has 12 rings (SSSR count). The van der Waals surface area contributed by atoms with Crippen LogP contribution in [-0.4, -0.2) is 0 Å². The number of hydrogen-bond acceptors (Lipinski definition) is 0. The van der Waals surface area contributed by atoms with Crippen molar-refractivity contribution in [2.24, 2.45) is 29.6 Å². The van der Waals surface area contributed by atoms with Crippen molar-refractivity contribution in [3.05, 3.63) is 239 Å². The van der Waals surface area contributed by atoms with Crippen LogP contribution >= 0.6 is 0 Å². The quantitative estimate of drug-likeness (QED) is 0.0808. The normalized spacial score (nSPS) is 22.0. The van der Waals surface area contributed by atoms with Gasteiger partial charge >= 0.3 is 0 Å². The van der Waals surface area contributed by atoms with Crippen LogP contribution < -0.4 is 0 Å². The summed E-state index contributed by atoms with van der Waals surface area (Å²) in [6.07, 6.45) is 20.8. The average molecular weight is 1270 g/mol. The summed E-state index contributed by atoms with van der Waals surface area (Å²) in [4.78, 5) is 0. The van der Waals surface area contributed by atoms with E-state index in [-0.39, 0.29) is 82.4 Å². The Bertz CT molecular complexity index is 3130. The molecular formula is C76H81F5Y2-2. The van der Waals surface area contributed by atoms with E-state index >= 15 is 0 Å². The predicted octanol–water partition coefficient (Wildman–Crippen LogP) is 22.7. The third kappa shape index (κ3) is 19.1. The molecule has 0 aromatic heterocycles. The Labute approximate surface area is 544 Å². The third-order valence-corrected chi connectivity index (χ3v) is 18.4. The van der Waals surface area contributed by atoms with Crippen molar-refractivity contribution in [1.29, 1.82) is 0 Å². The van der Waals surface area contributed by atoms with Gasteiger partial charge in [-0.25, -0.2) is 22.0 Å². The summed E-state index contributed by atoms with van der Waals surface area (Å²) in [7, 11) is 0. The minimum Gasteiger partial charge on any atom is -0.207 e. The van der Waals surface area contributed by atoms with Crippen LogP contribution in [0.15, 0.2) is 176 Å². The van der Waals surface area contributed by atoms with Crippen LogP contribution in [-0.2, 0) is 65.4 Å². The van der Waals surface area contributed by atoms with E-state index in [1.807, 2.05) is 42.5 Å². The second-order valence-electron chi connectivity index (χ2n) is 24.2. The van der Waals surface area contributed by atoms with E-state index in [1.54, 1.807) is 6.07 Å². The zero-order valence-electron chi connectivity index (χ0n) is 49.2. The summed E-state index contributed by atoms with van der Waals surface area (Å²) in [5.74, 6) is 1.35. The van der Waals surface area contributed by atoms with Crippen molar-refractivity contribution in [3.63, 3.8) is 0 Å². The molecule has 2 radical (unpaired) electrons. The molecule has 7 heteroatoms. The van der Waals surface area contributed by atoms with Crippen molar-refractivity contribution in [1.82, 2.24) is 0 Å². The van der Waals surface area contributed by atoms with Gasteiger partial charge in [0, 0.05) is 71.0 Å². The van der Waals surface area contributed by atoms with E-state index in [4.69, 9.17) is 0 Å². The summed E-state index contributed by atoms with van der Waals surface area (Å²) in [6.45, 7) is 9.18. The smallest absolute Gasteiger partial charge is 0.194 e. The van der Waals surface area contributed by atoms with Crippen LogP contribution in [0.3, 0.4) is 0 Å². The number of hydrogen-bond donors (Lipinski definition) is 0. The van der Waals surface area contributed by atoms with Gasteiger partial charge in [-0.3, -0.25) is 0 Å². The Morgan fingerprint density at radius 3 is 1.02 bits per heavy atom. The number of benzene rings is 8. The van der Waals surface area contributed by atoms with Gasteiger partial charge in [-0.05, 0) is 193 Å². The first-order chi connectivity index (χ1) is 39.3. The summed E-state index contributed by atoms with van der Waals surface area (Å²) < 4.78 is 67.8. The Hall–Kier alpha value is -4.38. The van der Waals surface area contributed by atoms with Gasteiger partial charge in [-0.15, -0.1) is 11.1 Å². The van der Waals surface area contributed by atoms with Gasteiger partial charge < -0.3 is 0 Å². The molecule has 0 heterocycles. The zero-order chi connectivity index (χ0) is 56.7. The van der Waals surface area contributed by atoms with Gasteiger partial charge in [0.1, 0.15) is 11.6 Å². The van der Waals surface area contributed by atoms with Crippen molar-refractivity contribution in [2.45, 2.75) is 148 Å². The van der Waals surface area contributed by atoms with E-state index in [2.05, 4.69) is 137 Å². The molecule has 0 N–H and O–H groups in total. The Morgan fingerprint density at radius 1 is 0.313 bits per heavy atom. The molecule has 0 nitrogen and oxygen atoms in total. The first kappa shape index (κ1) is 66.1. The van der Waals surface area contributed by atoms with Crippen LogP contribution in [0, 0.1) is 77.7 Å². The SMILES string of the molecule is CC1CCC(C2CCC(c3ccc(-c4cc(F)c(F)c(F)c4)c(F)c3)CC2)CC1.CC1CCC(c2ccc(-c3cc[c-]cc3)cc2)CC1.CC1CCC(c2ccc(-c3ccc(F)cc3)cc2)CC1.Cc1ccc(-c2cc[c-]cc2)cc1.[Y].[Y].